The molecule has 0 aliphatic carbocycles. The van der Waals surface area contributed by atoms with Gasteiger partial charge in [-0.25, -0.2) is 0 Å². The van der Waals surface area contributed by atoms with E-state index < -0.39 is 0 Å². The van der Waals surface area contributed by atoms with Crippen LogP contribution in [0.5, 0.6) is 0 Å². The molecule has 0 bridgehead atoms. The van der Waals surface area contributed by atoms with Crippen LogP contribution in [0.1, 0.15) is 30.9 Å². The van der Waals surface area contributed by atoms with Crippen molar-refractivity contribution in [2.75, 3.05) is 13.1 Å². The van der Waals surface area contributed by atoms with Crippen molar-refractivity contribution in [2.45, 2.75) is 39.2 Å². The minimum absolute atomic E-state index is 0.229. The van der Waals surface area contributed by atoms with E-state index in [9.17, 15) is 5.11 Å². The molecule has 0 heterocycles. The molecular formula is C14H23NO. The smallest absolute Gasteiger partial charge is 0.0667 e. The number of hydrogen-bond acceptors (Lipinski definition) is 2. The second kappa shape index (κ2) is 7.42. The van der Waals surface area contributed by atoms with Gasteiger partial charge in [0, 0.05) is 6.54 Å². The molecule has 0 amide bonds. The molecule has 1 unspecified atom stereocenters. The van der Waals surface area contributed by atoms with Gasteiger partial charge in [-0.15, -0.1) is 0 Å². The molecule has 1 aromatic carbocycles. The SMILES string of the molecule is CCCNCC(O)CCc1ccc(C)cc1. The Balaban J connectivity index is 2.20. The number of aryl methyl sites for hydroxylation is 2. The average molecular weight is 221 g/mol. The van der Waals surface area contributed by atoms with Crippen LogP contribution in [0.25, 0.3) is 0 Å². The van der Waals surface area contributed by atoms with Gasteiger partial charge in [-0.3, -0.25) is 0 Å². The second-order valence-corrected chi connectivity index (χ2v) is 4.38. The van der Waals surface area contributed by atoms with E-state index in [2.05, 4.69) is 43.4 Å². The molecule has 0 fully saturated rings. The van der Waals surface area contributed by atoms with E-state index >= 15 is 0 Å². The van der Waals surface area contributed by atoms with Crippen LogP contribution in [0.3, 0.4) is 0 Å². The van der Waals surface area contributed by atoms with E-state index in [1.165, 1.54) is 11.1 Å². The van der Waals surface area contributed by atoms with Crippen molar-refractivity contribution in [1.82, 2.24) is 5.32 Å². The highest BCUT2D eigenvalue weighted by atomic mass is 16.3. The van der Waals surface area contributed by atoms with Crippen molar-refractivity contribution < 1.29 is 5.11 Å². The van der Waals surface area contributed by atoms with Crippen LogP contribution < -0.4 is 5.32 Å². The average Bonchev–Trinajstić information content (AvgIpc) is 2.29. The molecule has 0 radical (unpaired) electrons. The number of hydrogen-bond donors (Lipinski definition) is 2. The summed E-state index contributed by atoms with van der Waals surface area (Å²) in [6, 6.07) is 8.52. The fourth-order valence-electron chi connectivity index (χ4n) is 1.64. The van der Waals surface area contributed by atoms with Crippen LogP contribution in [0.15, 0.2) is 24.3 Å². The number of nitrogens with one attached hydrogen (secondary N) is 1. The van der Waals surface area contributed by atoms with Crippen LogP contribution in [-0.4, -0.2) is 24.3 Å². The molecular weight excluding hydrogens is 198 g/mol. The van der Waals surface area contributed by atoms with E-state index in [4.69, 9.17) is 0 Å². The largest absolute Gasteiger partial charge is 0.392 e. The summed E-state index contributed by atoms with van der Waals surface area (Å²) in [6.45, 7) is 5.92. The van der Waals surface area contributed by atoms with Gasteiger partial charge >= 0.3 is 0 Å². The molecule has 0 aliphatic rings. The lowest BCUT2D eigenvalue weighted by Gasteiger charge is -2.11. The van der Waals surface area contributed by atoms with Crippen LogP contribution in [-0.2, 0) is 6.42 Å². The monoisotopic (exact) mass is 221 g/mol. The van der Waals surface area contributed by atoms with Gasteiger partial charge in [-0.05, 0) is 38.3 Å². The maximum atomic E-state index is 9.73. The number of rotatable bonds is 7. The first-order valence-electron chi connectivity index (χ1n) is 6.16. The molecule has 0 saturated heterocycles. The Kier molecular flexibility index (Phi) is 6.12. The fourth-order valence-corrected chi connectivity index (χ4v) is 1.64. The highest BCUT2D eigenvalue weighted by Gasteiger charge is 2.03. The molecule has 1 rings (SSSR count). The summed E-state index contributed by atoms with van der Waals surface area (Å²) in [7, 11) is 0. The molecule has 90 valence electrons. The zero-order chi connectivity index (χ0) is 11.8. The van der Waals surface area contributed by atoms with Gasteiger partial charge in [-0.1, -0.05) is 36.8 Å². The maximum absolute atomic E-state index is 9.73. The quantitative estimate of drug-likeness (QED) is 0.692. The van der Waals surface area contributed by atoms with Crippen LogP contribution in [0.4, 0.5) is 0 Å². The van der Waals surface area contributed by atoms with Crippen molar-refractivity contribution in [3.63, 3.8) is 0 Å². The van der Waals surface area contributed by atoms with Gasteiger partial charge in [0.25, 0.3) is 0 Å². The van der Waals surface area contributed by atoms with E-state index in [0.717, 1.165) is 25.8 Å². The lowest BCUT2D eigenvalue weighted by molar-refractivity contribution is 0.162. The minimum atomic E-state index is -0.229. The van der Waals surface area contributed by atoms with Crippen molar-refractivity contribution in [2.24, 2.45) is 0 Å². The Bertz CT molecular complexity index is 281. The van der Waals surface area contributed by atoms with Gasteiger partial charge in [0.1, 0.15) is 0 Å². The van der Waals surface area contributed by atoms with Crippen molar-refractivity contribution in [3.8, 4) is 0 Å². The minimum Gasteiger partial charge on any atom is -0.392 e. The highest BCUT2D eigenvalue weighted by Crippen LogP contribution is 2.07. The van der Waals surface area contributed by atoms with Crippen molar-refractivity contribution in [3.05, 3.63) is 35.4 Å². The summed E-state index contributed by atoms with van der Waals surface area (Å²) in [6.07, 6.45) is 2.67. The molecule has 16 heavy (non-hydrogen) atoms. The standard InChI is InChI=1S/C14H23NO/c1-3-10-15-11-14(16)9-8-13-6-4-12(2)5-7-13/h4-7,14-16H,3,8-11H2,1-2H3. The fraction of sp³-hybridized carbons (Fsp3) is 0.571. The van der Waals surface area contributed by atoms with E-state index in [-0.39, 0.29) is 6.10 Å². The number of aliphatic hydroxyl groups excluding tert-OH is 1. The Morgan fingerprint density at radius 3 is 2.56 bits per heavy atom. The van der Waals surface area contributed by atoms with Gasteiger partial charge < -0.3 is 10.4 Å². The van der Waals surface area contributed by atoms with E-state index in [1.807, 2.05) is 0 Å². The molecule has 2 heteroatoms. The molecule has 2 nitrogen and oxygen atoms in total. The lowest BCUT2D eigenvalue weighted by atomic mass is 10.1. The van der Waals surface area contributed by atoms with Crippen LogP contribution in [0, 0.1) is 6.92 Å². The normalized spacial score (nSPS) is 12.7. The molecule has 1 aromatic rings. The van der Waals surface area contributed by atoms with E-state index in [0.29, 0.717) is 6.54 Å². The zero-order valence-corrected chi connectivity index (χ0v) is 10.4. The molecule has 2 N–H and O–H groups in total. The van der Waals surface area contributed by atoms with E-state index in [1.54, 1.807) is 0 Å². The summed E-state index contributed by atoms with van der Waals surface area (Å²) >= 11 is 0. The summed E-state index contributed by atoms with van der Waals surface area (Å²) in [5.74, 6) is 0. The predicted octanol–water partition coefficient (Wildman–Crippen LogP) is 2.29. The van der Waals surface area contributed by atoms with Gasteiger partial charge in [0.05, 0.1) is 6.10 Å². The molecule has 0 saturated carbocycles. The topological polar surface area (TPSA) is 32.3 Å². The van der Waals surface area contributed by atoms with Crippen LogP contribution in [0.2, 0.25) is 0 Å². The van der Waals surface area contributed by atoms with Gasteiger partial charge in [0.2, 0.25) is 0 Å². The van der Waals surface area contributed by atoms with Gasteiger partial charge in [0.15, 0.2) is 0 Å². The number of aliphatic hydroxyl groups is 1. The zero-order valence-electron chi connectivity index (χ0n) is 10.4. The summed E-state index contributed by atoms with van der Waals surface area (Å²) < 4.78 is 0. The second-order valence-electron chi connectivity index (χ2n) is 4.38. The van der Waals surface area contributed by atoms with Gasteiger partial charge in [-0.2, -0.15) is 0 Å². The number of benzene rings is 1. The Hall–Kier alpha value is -0.860. The maximum Gasteiger partial charge on any atom is 0.0667 e. The van der Waals surface area contributed by atoms with Crippen molar-refractivity contribution in [1.29, 1.82) is 0 Å². The molecule has 0 aliphatic heterocycles. The Morgan fingerprint density at radius 1 is 1.25 bits per heavy atom. The highest BCUT2D eigenvalue weighted by molar-refractivity contribution is 5.21. The van der Waals surface area contributed by atoms with Crippen molar-refractivity contribution >= 4 is 0 Å². The third-order valence-electron chi connectivity index (χ3n) is 2.69. The summed E-state index contributed by atoms with van der Waals surface area (Å²) in [5.41, 5.74) is 2.59. The third kappa shape index (κ3) is 5.29. The molecule has 1 atom stereocenters. The predicted molar refractivity (Wildman–Crippen MR) is 68.7 cm³/mol. The lowest BCUT2D eigenvalue weighted by Crippen LogP contribution is -2.27. The summed E-state index contributed by atoms with van der Waals surface area (Å²) in [5, 5.41) is 13.0. The molecule has 0 aromatic heterocycles. The van der Waals surface area contributed by atoms with Crippen LogP contribution >= 0.6 is 0 Å². The Labute approximate surface area is 98.7 Å². The molecule has 0 spiro atoms. The Morgan fingerprint density at radius 2 is 1.94 bits per heavy atom. The summed E-state index contributed by atoms with van der Waals surface area (Å²) in [4.78, 5) is 0. The first kappa shape index (κ1) is 13.2. The first-order valence-corrected chi connectivity index (χ1v) is 6.16. The third-order valence-corrected chi connectivity index (χ3v) is 2.69. The first-order chi connectivity index (χ1) is 7.72.